The molecule has 3 aromatic carbocycles. The van der Waals surface area contributed by atoms with Crippen LogP contribution in [-0.2, 0) is 14.3 Å². The van der Waals surface area contributed by atoms with E-state index in [1.54, 1.807) is 19.9 Å². The number of quaternary nitrogens is 1. The number of non-ortho nitro benzene ring substituents is 1. The number of allylic oxidation sites excluding steroid dienone is 2. The van der Waals surface area contributed by atoms with Gasteiger partial charge in [0.2, 0.25) is 0 Å². The quantitative estimate of drug-likeness (QED) is 0.159. The summed E-state index contributed by atoms with van der Waals surface area (Å²) in [6.07, 6.45) is 0.631. The van der Waals surface area contributed by atoms with Crippen LogP contribution in [0.4, 0.5) is 5.69 Å². The van der Waals surface area contributed by atoms with Gasteiger partial charge in [-0.25, -0.2) is 4.79 Å². The Balaban J connectivity index is 1.87. The van der Waals surface area contributed by atoms with E-state index in [4.69, 9.17) is 10.5 Å². The number of hydrogen-bond donors (Lipinski definition) is 1. The fourth-order valence-corrected chi connectivity index (χ4v) is 5.88. The molecule has 0 aromatic heterocycles. The van der Waals surface area contributed by atoms with Gasteiger partial charge in [-0.3, -0.25) is 14.6 Å². The molecule has 9 heteroatoms. The summed E-state index contributed by atoms with van der Waals surface area (Å²) in [5, 5.41) is 24.4. The Labute approximate surface area is 245 Å². The van der Waals surface area contributed by atoms with Crippen LogP contribution >= 0.6 is 0 Å². The van der Waals surface area contributed by atoms with Crippen LogP contribution < -0.4 is 10.8 Å². The number of nitrogens with zero attached hydrogens (tertiary/aromatic N) is 2. The molecule has 1 heterocycles. The Hall–Kier alpha value is -4.60. The minimum atomic E-state index is -1.45. The van der Waals surface area contributed by atoms with E-state index in [0.29, 0.717) is 29.9 Å². The number of carbonyl (C=O) groups is 2. The molecule has 0 aliphatic carbocycles. The van der Waals surface area contributed by atoms with E-state index >= 15 is 0 Å². The molecule has 2 atom stereocenters. The predicted molar refractivity (Wildman–Crippen MR) is 157 cm³/mol. The number of nitro benzene ring substituents is 1. The second-order valence-corrected chi connectivity index (χ2v) is 10.6. The van der Waals surface area contributed by atoms with E-state index in [1.807, 2.05) is 43.4 Å². The number of carboxylic acids is 1. The molecule has 0 bridgehead atoms. The first-order chi connectivity index (χ1) is 20.1. The van der Waals surface area contributed by atoms with Crippen molar-refractivity contribution in [1.29, 1.82) is 0 Å². The predicted octanol–water partition coefficient (Wildman–Crippen LogP) is 4.16. The highest BCUT2D eigenvalue weighted by Gasteiger charge is 2.46. The SMILES string of the molecule is CC1=C(C(=O)[O-])C(c2cccc([N+](=O)[O-])c2)C(C(=O)OCCN)=C(C)[N+]1(C)CCC(c1ccccc1)c1ccccc1. The minimum absolute atomic E-state index is 0.0106. The van der Waals surface area contributed by atoms with Gasteiger partial charge in [-0.05, 0) is 16.7 Å². The summed E-state index contributed by atoms with van der Waals surface area (Å²) in [5.41, 5.74) is 8.99. The molecule has 2 N–H and O–H groups in total. The molecule has 4 rings (SSSR count). The average molecular weight is 570 g/mol. The Bertz CT molecular complexity index is 1490. The molecule has 218 valence electrons. The molecule has 42 heavy (non-hydrogen) atoms. The summed E-state index contributed by atoms with van der Waals surface area (Å²) < 4.78 is 5.49. The van der Waals surface area contributed by atoms with Gasteiger partial charge in [-0.2, -0.15) is 0 Å². The number of carboxylic acid groups (broad SMARTS) is 1. The molecule has 0 spiro atoms. The van der Waals surface area contributed by atoms with Crippen molar-refractivity contribution in [3.63, 3.8) is 0 Å². The Morgan fingerprint density at radius 1 is 0.929 bits per heavy atom. The largest absolute Gasteiger partial charge is 0.545 e. The van der Waals surface area contributed by atoms with Crippen LogP contribution in [-0.4, -0.2) is 48.1 Å². The number of nitro groups is 1. The fraction of sp³-hybridized carbons (Fsp3) is 0.273. The molecular weight excluding hydrogens is 534 g/mol. The zero-order valence-electron chi connectivity index (χ0n) is 24.0. The Kier molecular flexibility index (Phi) is 9.35. The molecule has 0 amide bonds. The maximum Gasteiger partial charge on any atom is 0.340 e. The molecule has 0 saturated carbocycles. The lowest BCUT2D eigenvalue weighted by atomic mass is 9.78. The summed E-state index contributed by atoms with van der Waals surface area (Å²) in [7, 11) is 1.88. The van der Waals surface area contributed by atoms with Crippen molar-refractivity contribution < 1.29 is 28.8 Å². The second-order valence-electron chi connectivity index (χ2n) is 10.6. The van der Waals surface area contributed by atoms with Crippen molar-refractivity contribution in [3.8, 4) is 0 Å². The molecular formula is C33H35N3O6. The fourth-order valence-electron chi connectivity index (χ4n) is 5.88. The van der Waals surface area contributed by atoms with Crippen LogP contribution in [0.25, 0.3) is 0 Å². The first-order valence-corrected chi connectivity index (χ1v) is 13.8. The highest BCUT2D eigenvalue weighted by atomic mass is 16.6. The van der Waals surface area contributed by atoms with Crippen molar-refractivity contribution in [1.82, 2.24) is 0 Å². The maximum atomic E-state index is 13.6. The number of hydrogen-bond acceptors (Lipinski definition) is 7. The summed E-state index contributed by atoms with van der Waals surface area (Å²) in [6.45, 7) is 4.00. The molecule has 3 aromatic rings. The van der Waals surface area contributed by atoms with Crippen LogP contribution in [0.5, 0.6) is 0 Å². The minimum Gasteiger partial charge on any atom is -0.545 e. The van der Waals surface area contributed by atoms with E-state index in [9.17, 15) is 24.8 Å². The third kappa shape index (κ3) is 6.02. The van der Waals surface area contributed by atoms with Crippen molar-refractivity contribution >= 4 is 17.6 Å². The van der Waals surface area contributed by atoms with E-state index in [-0.39, 0.29) is 40.4 Å². The van der Waals surface area contributed by atoms with Crippen molar-refractivity contribution in [2.45, 2.75) is 32.1 Å². The number of aliphatic carboxylic acids is 1. The topological polar surface area (TPSA) is 136 Å². The summed E-state index contributed by atoms with van der Waals surface area (Å²) in [4.78, 5) is 37.4. The summed E-state index contributed by atoms with van der Waals surface area (Å²) >= 11 is 0. The van der Waals surface area contributed by atoms with Gasteiger partial charge >= 0.3 is 5.97 Å². The van der Waals surface area contributed by atoms with Crippen molar-refractivity contribution in [2.24, 2.45) is 5.73 Å². The first kappa shape index (κ1) is 30.4. The molecule has 0 radical (unpaired) electrons. The number of nitrogens with two attached hydrogens (primary N) is 1. The van der Waals surface area contributed by atoms with Crippen LogP contribution in [0.3, 0.4) is 0 Å². The third-order valence-electron chi connectivity index (χ3n) is 8.31. The van der Waals surface area contributed by atoms with E-state index < -0.39 is 22.8 Å². The molecule has 1 aliphatic rings. The molecule has 0 fully saturated rings. The Morgan fingerprint density at radius 3 is 2.02 bits per heavy atom. The number of esters is 1. The van der Waals surface area contributed by atoms with Crippen molar-refractivity contribution in [3.05, 3.63) is 134 Å². The number of ether oxygens (including phenoxy) is 1. The Morgan fingerprint density at radius 2 is 1.50 bits per heavy atom. The van der Waals surface area contributed by atoms with Crippen LogP contribution in [0, 0.1) is 10.1 Å². The van der Waals surface area contributed by atoms with Gasteiger partial charge < -0.3 is 20.4 Å². The standard InChI is InChI=1S/C33H35N3O6/c1-22-29(32(37)38)31(26-15-10-16-27(21-26)35(40)41)30(33(39)42-20-18-34)23(2)36(22,3)19-17-28(24-11-6-4-7-12-24)25-13-8-5-9-14-25/h4-16,21,28,31H,17-20,34H2,1-3H3. The lowest BCUT2D eigenvalue weighted by Crippen LogP contribution is -2.49. The van der Waals surface area contributed by atoms with Gasteiger partial charge in [0.1, 0.15) is 23.6 Å². The van der Waals surface area contributed by atoms with Crippen LogP contribution in [0.1, 0.15) is 48.8 Å². The van der Waals surface area contributed by atoms with Crippen LogP contribution in [0.2, 0.25) is 0 Å². The van der Waals surface area contributed by atoms with Gasteiger partial charge in [0, 0.05) is 50.4 Å². The van der Waals surface area contributed by atoms with E-state index in [0.717, 1.165) is 11.1 Å². The van der Waals surface area contributed by atoms with Gasteiger partial charge in [0.05, 0.1) is 30.4 Å². The number of carbonyl (C=O) groups excluding carboxylic acids is 2. The molecule has 0 saturated heterocycles. The normalized spacial score (nSPS) is 18.7. The summed E-state index contributed by atoms with van der Waals surface area (Å²) in [5.74, 6) is -3.28. The maximum absolute atomic E-state index is 13.6. The third-order valence-corrected chi connectivity index (χ3v) is 8.31. The number of benzene rings is 3. The van der Waals surface area contributed by atoms with Gasteiger partial charge in [-0.15, -0.1) is 0 Å². The molecule has 9 nitrogen and oxygen atoms in total. The monoisotopic (exact) mass is 569 g/mol. The van der Waals surface area contributed by atoms with Crippen LogP contribution in [0.15, 0.2) is 107 Å². The molecule has 2 unspecified atom stereocenters. The lowest BCUT2D eigenvalue weighted by Gasteiger charge is -2.44. The zero-order chi connectivity index (χ0) is 30.4. The average Bonchev–Trinajstić information content (AvgIpc) is 2.99. The van der Waals surface area contributed by atoms with Gasteiger partial charge in [0.15, 0.2) is 0 Å². The van der Waals surface area contributed by atoms with E-state index in [1.165, 1.54) is 18.2 Å². The summed E-state index contributed by atoms with van der Waals surface area (Å²) in [6, 6.07) is 25.8. The smallest absolute Gasteiger partial charge is 0.340 e. The van der Waals surface area contributed by atoms with Gasteiger partial charge in [0.25, 0.3) is 5.69 Å². The molecule has 1 aliphatic heterocycles. The first-order valence-electron chi connectivity index (χ1n) is 13.8. The zero-order valence-corrected chi connectivity index (χ0v) is 24.0. The van der Waals surface area contributed by atoms with Gasteiger partial charge in [-0.1, -0.05) is 72.8 Å². The second kappa shape index (κ2) is 12.9. The highest BCUT2D eigenvalue weighted by Crippen LogP contribution is 2.46. The lowest BCUT2D eigenvalue weighted by molar-refractivity contribution is -0.836. The highest BCUT2D eigenvalue weighted by molar-refractivity contribution is 5.98. The van der Waals surface area contributed by atoms with E-state index in [2.05, 4.69) is 24.3 Å². The van der Waals surface area contributed by atoms with Crippen molar-refractivity contribution in [2.75, 3.05) is 26.7 Å². The number of rotatable bonds is 11.